The summed E-state index contributed by atoms with van der Waals surface area (Å²) in [5, 5.41) is 6.22. The maximum atomic E-state index is 12.4. The average Bonchev–Trinajstić information content (AvgIpc) is 3.01. The molecule has 0 saturated heterocycles. The minimum atomic E-state index is 0.0224. The van der Waals surface area contributed by atoms with E-state index in [9.17, 15) is 4.79 Å². The molecular formula is C17H14N2O. The molecule has 1 amide bonds. The maximum Gasteiger partial charge on any atom is 0.274 e. The van der Waals surface area contributed by atoms with Gasteiger partial charge >= 0.3 is 0 Å². The molecule has 0 bridgehead atoms. The minimum absolute atomic E-state index is 0.0224. The van der Waals surface area contributed by atoms with Crippen LogP contribution in [0.2, 0.25) is 0 Å². The van der Waals surface area contributed by atoms with E-state index in [0.29, 0.717) is 0 Å². The standard InChI is InChI=1S/C17H14N2O/c1-11-6-2-3-7-12(11)15-10-16-13-8-4-5-9-14(13)17(20)19(16)18-15/h2-9,16H,10H2,1H3. The molecule has 98 valence electrons. The molecule has 2 heterocycles. The molecule has 3 nitrogen and oxygen atoms in total. The van der Waals surface area contributed by atoms with Gasteiger partial charge in [0.1, 0.15) is 0 Å². The predicted octanol–water partition coefficient (Wildman–Crippen LogP) is 3.30. The molecule has 1 atom stereocenters. The zero-order valence-corrected chi connectivity index (χ0v) is 11.2. The summed E-state index contributed by atoms with van der Waals surface area (Å²) in [7, 11) is 0. The molecule has 2 aromatic carbocycles. The normalized spacial score (nSPS) is 19.9. The summed E-state index contributed by atoms with van der Waals surface area (Å²) < 4.78 is 0. The molecule has 1 unspecified atom stereocenters. The van der Waals surface area contributed by atoms with Crippen LogP contribution in [-0.2, 0) is 0 Å². The second-order valence-corrected chi connectivity index (χ2v) is 5.32. The number of nitrogens with zero attached hydrogens (tertiary/aromatic N) is 2. The van der Waals surface area contributed by atoms with Crippen LogP contribution in [0.5, 0.6) is 0 Å². The van der Waals surface area contributed by atoms with E-state index in [-0.39, 0.29) is 11.9 Å². The molecule has 0 saturated carbocycles. The van der Waals surface area contributed by atoms with E-state index >= 15 is 0 Å². The van der Waals surface area contributed by atoms with Crippen molar-refractivity contribution in [3.63, 3.8) is 0 Å². The molecule has 0 aromatic heterocycles. The fourth-order valence-corrected chi connectivity index (χ4v) is 3.11. The second kappa shape index (κ2) is 4.04. The monoisotopic (exact) mass is 262 g/mol. The molecule has 0 N–H and O–H groups in total. The summed E-state index contributed by atoms with van der Waals surface area (Å²) >= 11 is 0. The Balaban J connectivity index is 1.77. The first-order valence-corrected chi connectivity index (χ1v) is 6.81. The van der Waals surface area contributed by atoms with E-state index in [1.54, 1.807) is 5.01 Å². The van der Waals surface area contributed by atoms with Gasteiger partial charge in [0, 0.05) is 17.5 Å². The largest absolute Gasteiger partial charge is 0.274 e. The van der Waals surface area contributed by atoms with Crippen LogP contribution in [-0.4, -0.2) is 16.6 Å². The number of aryl methyl sites for hydroxylation is 1. The maximum absolute atomic E-state index is 12.4. The van der Waals surface area contributed by atoms with Crippen molar-refractivity contribution >= 4 is 11.6 Å². The summed E-state index contributed by atoms with van der Waals surface area (Å²) in [6, 6.07) is 16.1. The van der Waals surface area contributed by atoms with Gasteiger partial charge in [0.2, 0.25) is 0 Å². The number of carbonyl (C=O) groups is 1. The number of fused-ring (bicyclic) bond motifs is 3. The summed E-state index contributed by atoms with van der Waals surface area (Å²) in [4.78, 5) is 12.4. The Morgan fingerprint density at radius 2 is 1.75 bits per heavy atom. The highest BCUT2D eigenvalue weighted by atomic mass is 16.2. The van der Waals surface area contributed by atoms with Crippen LogP contribution in [0, 0.1) is 6.92 Å². The Morgan fingerprint density at radius 3 is 2.55 bits per heavy atom. The third kappa shape index (κ3) is 1.46. The van der Waals surface area contributed by atoms with Crippen molar-refractivity contribution in [2.45, 2.75) is 19.4 Å². The van der Waals surface area contributed by atoms with E-state index in [1.807, 2.05) is 36.4 Å². The Hall–Kier alpha value is -2.42. The molecule has 2 aliphatic rings. The summed E-state index contributed by atoms with van der Waals surface area (Å²) in [5.41, 5.74) is 5.26. The number of hydrogen-bond acceptors (Lipinski definition) is 2. The first-order chi connectivity index (χ1) is 9.75. The number of hydrazone groups is 1. The fraction of sp³-hybridized carbons (Fsp3) is 0.176. The van der Waals surface area contributed by atoms with Gasteiger partial charge in [-0.05, 0) is 24.1 Å². The molecule has 0 radical (unpaired) electrons. The van der Waals surface area contributed by atoms with Crippen molar-refractivity contribution in [2.24, 2.45) is 5.10 Å². The van der Waals surface area contributed by atoms with Gasteiger partial charge in [-0.2, -0.15) is 5.10 Å². The van der Waals surface area contributed by atoms with Gasteiger partial charge in [-0.1, -0.05) is 42.5 Å². The SMILES string of the molecule is Cc1ccccc1C1=NN2C(=O)c3ccccc3C2C1. The van der Waals surface area contributed by atoms with Crippen molar-refractivity contribution in [2.75, 3.05) is 0 Å². The molecule has 0 aliphatic carbocycles. The summed E-state index contributed by atoms with van der Waals surface area (Å²) in [5.74, 6) is 0.0224. The highest BCUT2D eigenvalue weighted by molar-refractivity contribution is 6.08. The van der Waals surface area contributed by atoms with E-state index in [2.05, 4.69) is 24.2 Å². The van der Waals surface area contributed by atoms with E-state index in [1.165, 1.54) is 5.56 Å². The zero-order chi connectivity index (χ0) is 13.7. The lowest BCUT2D eigenvalue weighted by Crippen LogP contribution is -2.17. The number of amides is 1. The number of carbonyl (C=O) groups excluding carboxylic acids is 1. The highest BCUT2D eigenvalue weighted by Crippen LogP contribution is 2.41. The smallest absolute Gasteiger partial charge is 0.267 e. The first-order valence-electron chi connectivity index (χ1n) is 6.81. The van der Waals surface area contributed by atoms with E-state index < -0.39 is 0 Å². The quantitative estimate of drug-likeness (QED) is 0.776. The fourth-order valence-electron chi connectivity index (χ4n) is 3.11. The summed E-state index contributed by atoms with van der Waals surface area (Å²) in [6.07, 6.45) is 0.799. The lowest BCUT2D eigenvalue weighted by Gasteiger charge is -2.10. The van der Waals surface area contributed by atoms with Crippen molar-refractivity contribution in [3.8, 4) is 0 Å². The molecule has 2 aliphatic heterocycles. The van der Waals surface area contributed by atoms with Gasteiger partial charge in [-0.3, -0.25) is 4.79 Å². The van der Waals surface area contributed by atoms with E-state index in [4.69, 9.17) is 0 Å². The zero-order valence-electron chi connectivity index (χ0n) is 11.2. The second-order valence-electron chi connectivity index (χ2n) is 5.32. The Bertz CT molecular complexity index is 748. The Kier molecular flexibility index (Phi) is 2.30. The van der Waals surface area contributed by atoms with E-state index in [0.717, 1.165) is 28.8 Å². The van der Waals surface area contributed by atoms with Crippen LogP contribution in [0.1, 0.15) is 39.5 Å². The highest BCUT2D eigenvalue weighted by Gasteiger charge is 2.41. The van der Waals surface area contributed by atoms with Crippen LogP contribution in [0.25, 0.3) is 0 Å². The van der Waals surface area contributed by atoms with Crippen LogP contribution in [0.4, 0.5) is 0 Å². The van der Waals surface area contributed by atoms with Gasteiger partial charge in [0.05, 0.1) is 11.8 Å². The molecule has 0 spiro atoms. The summed E-state index contributed by atoms with van der Waals surface area (Å²) in [6.45, 7) is 2.08. The first kappa shape index (κ1) is 11.4. The third-order valence-corrected chi connectivity index (χ3v) is 4.12. The van der Waals surface area contributed by atoms with Crippen molar-refractivity contribution in [1.29, 1.82) is 0 Å². The number of hydrogen-bond donors (Lipinski definition) is 0. The number of rotatable bonds is 1. The van der Waals surface area contributed by atoms with Gasteiger partial charge in [0.15, 0.2) is 0 Å². The third-order valence-electron chi connectivity index (χ3n) is 4.12. The van der Waals surface area contributed by atoms with Crippen molar-refractivity contribution < 1.29 is 4.79 Å². The van der Waals surface area contributed by atoms with Crippen LogP contribution in [0.15, 0.2) is 53.6 Å². The van der Waals surface area contributed by atoms with Crippen LogP contribution < -0.4 is 0 Å². The van der Waals surface area contributed by atoms with Crippen LogP contribution >= 0.6 is 0 Å². The van der Waals surface area contributed by atoms with Gasteiger partial charge < -0.3 is 0 Å². The number of benzene rings is 2. The van der Waals surface area contributed by atoms with Crippen molar-refractivity contribution in [1.82, 2.24) is 5.01 Å². The molecule has 20 heavy (non-hydrogen) atoms. The lowest BCUT2D eigenvalue weighted by molar-refractivity contribution is 0.0756. The van der Waals surface area contributed by atoms with Crippen LogP contribution in [0.3, 0.4) is 0 Å². The molecule has 4 rings (SSSR count). The van der Waals surface area contributed by atoms with Gasteiger partial charge in [-0.15, -0.1) is 0 Å². The van der Waals surface area contributed by atoms with Gasteiger partial charge in [-0.25, -0.2) is 5.01 Å². The minimum Gasteiger partial charge on any atom is -0.267 e. The molecular weight excluding hydrogens is 248 g/mol. The van der Waals surface area contributed by atoms with Crippen molar-refractivity contribution in [3.05, 3.63) is 70.8 Å². The predicted molar refractivity (Wildman–Crippen MR) is 77.7 cm³/mol. The topological polar surface area (TPSA) is 32.7 Å². The molecule has 0 fully saturated rings. The molecule has 2 aromatic rings. The average molecular weight is 262 g/mol. The Morgan fingerprint density at radius 1 is 1.05 bits per heavy atom. The Labute approximate surface area is 117 Å². The molecule has 3 heteroatoms. The lowest BCUT2D eigenvalue weighted by atomic mass is 9.96. The van der Waals surface area contributed by atoms with Gasteiger partial charge in [0.25, 0.3) is 5.91 Å².